The van der Waals surface area contributed by atoms with Crippen molar-refractivity contribution in [2.24, 2.45) is 5.73 Å². The third-order valence-electron chi connectivity index (χ3n) is 11.0. The van der Waals surface area contributed by atoms with Crippen LogP contribution in [0.5, 0.6) is 0 Å². The molecular formula is C57H100NO7P. The molecule has 0 aromatic rings. The molecule has 0 spiro atoms. The van der Waals surface area contributed by atoms with Crippen LogP contribution < -0.4 is 5.73 Å². The largest absolute Gasteiger partial charge is 0.472 e. The fraction of sp³-hybridized carbons (Fsp3) is 0.702. The normalized spacial score (nSPS) is 14.1. The van der Waals surface area contributed by atoms with Crippen molar-refractivity contribution in [1.82, 2.24) is 0 Å². The molecular weight excluding hydrogens is 842 g/mol. The number of carbonyl (C=O) groups is 1. The zero-order valence-corrected chi connectivity index (χ0v) is 43.3. The van der Waals surface area contributed by atoms with E-state index < -0.39 is 13.9 Å². The first-order valence-corrected chi connectivity index (χ1v) is 28.2. The third-order valence-corrected chi connectivity index (χ3v) is 12.0. The number of carbonyl (C=O) groups excluding carboxylic acids is 1. The van der Waals surface area contributed by atoms with Crippen LogP contribution in [-0.2, 0) is 27.9 Å². The minimum atomic E-state index is -4.30. The quantitative estimate of drug-likeness (QED) is 0.0268. The highest BCUT2D eigenvalue weighted by Crippen LogP contribution is 2.43. The zero-order chi connectivity index (χ0) is 48.0. The molecule has 0 heterocycles. The second kappa shape index (κ2) is 53.4. The highest BCUT2D eigenvalue weighted by Gasteiger charge is 2.25. The van der Waals surface area contributed by atoms with Gasteiger partial charge >= 0.3 is 13.8 Å². The zero-order valence-electron chi connectivity index (χ0n) is 42.4. The van der Waals surface area contributed by atoms with Gasteiger partial charge < -0.3 is 20.1 Å². The van der Waals surface area contributed by atoms with Crippen LogP contribution in [0.4, 0.5) is 0 Å². The summed E-state index contributed by atoms with van der Waals surface area (Å²) in [5.41, 5.74) is 5.39. The Labute approximate surface area is 406 Å². The number of unbranched alkanes of at least 4 members (excludes halogenated alkanes) is 21. The number of ether oxygens (including phenoxy) is 2. The maximum atomic E-state index is 12.7. The lowest BCUT2D eigenvalue weighted by Crippen LogP contribution is -2.28. The van der Waals surface area contributed by atoms with Crippen LogP contribution >= 0.6 is 7.82 Å². The van der Waals surface area contributed by atoms with Crippen LogP contribution in [0.1, 0.15) is 219 Å². The molecule has 380 valence electrons. The molecule has 9 heteroatoms. The average molecular weight is 942 g/mol. The molecule has 0 saturated carbocycles. The summed E-state index contributed by atoms with van der Waals surface area (Å²) in [7, 11) is -4.30. The molecule has 3 N–H and O–H groups in total. The van der Waals surface area contributed by atoms with E-state index in [1.165, 1.54) is 109 Å². The van der Waals surface area contributed by atoms with Gasteiger partial charge in [0.1, 0.15) is 6.10 Å². The van der Waals surface area contributed by atoms with Gasteiger partial charge in [-0.2, -0.15) is 0 Å². The highest BCUT2D eigenvalue weighted by molar-refractivity contribution is 7.47. The summed E-state index contributed by atoms with van der Waals surface area (Å²) in [5, 5.41) is 0. The van der Waals surface area contributed by atoms with Crippen molar-refractivity contribution in [3.63, 3.8) is 0 Å². The van der Waals surface area contributed by atoms with E-state index in [0.717, 1.165) is 89.9 Å². The van der Waals surface area contributed by atoms with Crippen LogP contribution in [0.3, 0.4) is 0 Å². The fourth-order valence-electron chi connectivity index (χ4n) is 7.09. The molecule has 0 aliphatic rings. The first-order chi connectivity index (χ1) is 32.4. The predicted octanol–water partition coefficient (Wildman–Crippen LogP) is 17.0. The van der Waals surface area contributed by atoms with E-state index in [-0.39, 0.29) is 38.8 Å². The van der Waals surface area contributed by atoms with E-state index in [1.54, 1.807) is 0 Å². The van der Waals surface area contributed by atoms with Crippen LogP contribution in [-0.4, -0.2) is 49.9 Å². The van der Waals surface area contributed by atoms with Crippen LogP contribution in [0.2, 0.25) is 0 Å². The van der Waals surface area contributed by atoms with E-state index in [9.17, 15) is 14.3 Å². The lowest BCUT2D eigenvalue weighted by molar-refractivity contribution is -0.154. The van der Waals surface area contributed by atoms with Gasteiger partial charge in [0.25, 0.3) is 0 Å². The standard InChI is InChI=1S/C57H100NO7P/c1-3-5-7-9-11-13-15-17-19-21-23-25-27-29-31-33-35-37-39-41-43-45-47-49-52-62-54-56(55-64-66(60,61)63-53-51-58)65-57(59)50-48-46-44-42-40-38-36-34-32-30-28-26-24-22-20-18-16-14-12-10-8-6-4-2/h6,8,12,14-15,17-18,20-21,23-24,26,30,32,36,38,56H,3-5,7,9-11,13,16,19,22,25,27-29,31,33-35,37,39-55,58H2,1-2H3,(H,60,61)/b8-6-,14-12-,17-15-,20-18-,23-21-,26-24-,32-30-,38-36-. The summed E-state index contributed by atoms with van der Waals surface area (Å²) in [5.74, 6) is -0.356. The average Bonchev–Trinajstić information content (AvgIpc) is 3.31. The summed E-state index contributed by atoms with van der Waals surface area (Å²) in [6, 6.07) is 0. The Bertz CT molecular complexity index is 1330. The first-order valence-electron chi connectivity index (χ1n) is 26.7. The van der Waals surface area contributed by atoms with Crippen molar-refractivity contribution < 1.29 is 32.8 Å². The third kappa shape index (κ3) is 52.4. The summed E-state index contributed by atoms with van der Waals surface area (Å²) >= 11 is 0. The van der Waals surface area contributed by atoms with Crippen LogP contribution in [0.15, 0.2) is 97.2 Å². The van der Waals surface area contributed by atoms with Gasteiger partial charge in [-0.15, -0.1) is 0 Å². The van der Waals surface area contributed by atoms with Crippen molar-refractivity contribution in [3.05, 3.63) is 97.2 Å². The molecule has 0 radical (unpaired) electrons. The molecule has 0 aromatic heterocycles. The Morgan fingerprint density at radius 2 is 0.848 bits per heavy atom. The van der Waals surface area contributed by atoms with Crippen molar-refractivity contribution in [2.45, 2.75) is 225 Å². The summed E-state index contributed by atoms with van der Waals surface area (Å²) in [6.45, 7) is 4.76. The number of phosphoric acid groups is 1. The van der Waals surface area contributed by atoms with E-state index >= 15 is 0 Å². The number of allylic oxidation sites excluding steroid dienone is 16. The molecule has 66 heavy (non-hydrogen) atoms. The smallest absolute Gasteiger partial charge is 0.457 e. The molecule has 8 nitrogen and oxygen atoms in total. The molecule has 0 bridgehead atoms. The highest BCUT2D eigenvalue weighted by atomic mass is 31.2. The monoisotopic (exact) mass is 942 g/mol. The minimum absolute atomic E-state index is 0.0907. The number of rotatable bonds is 50. The van der Waals surface area contributed by atoms with Crippen LogP contribution in [0.25, 0.3) is 0 Å². The van der Waals surface area contributed by atoms with Crippen molar-refractivity contribution in [1.29, 1.82) is 0 Å². The maximum absolute atomic E-state index is 12.7. The van der Waals surface area contributed by atoms with Crippen molar-refractivity contribution in [3.8, 4) is 0 Å². The molecule has 0 amide bonds. The molecule has 0 aromatic carbocycles. The Morgan fingerprint density at radius 1 is 0.470 bits per heavy atom. The number of hydrogen-bond acceptors (Lipinski definition) is 7. The number of hydrogen-bond donors (Lipinski definition) is 2. The van der Waals surface area contributed by atoms with E-state index in [1.807, 2.05) is 0 Å². The van der Waals surface area contributed by atoms with Gasteiger partial charge in [0, 0.05) is 19.6 Å². The SMILES string of the molecule is CC/C=C\C/C=C\C/C=C\C/C=C\C/C=C\C/C=C\CCCCCCC(=O)OC(COCCCCCCCCCCCCCC/C=C\C/C=C\CCCCCCC)COP(=O)(O)OCCN. The lowest BCUT2D eigenvalue weighted by atomic mass is 10.0. The molecule has 0 aliphatic carbocycles. The molecule has 0 aliphatic heterocycles. The molecule has 2 atom stereocenters. The van der Waals surface area contributed by atoms with Gasteiger partial charge in [-0.3, -0.25) is 13.8 Å². The number of nitrogens with two attached hydrogens (primary N) is 1. The van der Waals surface area contributed by atoms with E-state index in [2.05, 4.69) is 111 Å². The van der Waals surface area contributed by atoms with Crippen molar-refractivity contribution >= 4 is 13.8 Å². The van der Waals surface area contributed by atoms with Gasteiger partial charge in [-0.1, -0.05) is 214 Å². The molecule has 0 rings (SSSR count). The molecule has 0 saturated heterocycles. The topological polar surface area (TPSA) is 117 Å². The van der Waals surface area contributed by atoms with Gasteiger partial charge in [-0.25, -0.2) is 4.57 Å². The Hall–Kier alpha value is -2.58. The van der Waals surface area contributed by atoms with Gasteiger partial charge in [0.15, 0.2) is 0 Å². The van der Waals surface area contributed by atoms with E-state index in [4.69, 9.17) is 24.3 Å². The summed E-state index contributed by atoms with van der Waals surface area (Å²) in [4.78, 5) is 22.6. The van der Waals surface area contributed by atoms with Crippen LogP contribution in [0, 0.1) is 0 Å². The fourth-order valence-corrected chi connectivity index (χ4v) is 7.85. The minimum Gasteiger partial charge on any atom is -0.457 e. The predicted molar refractivity (Wildman–Crippen MR) is 284 cm³/mol. The van der Waals surface area contributed by atoms with Crippen molar-refractivity contribution in [2.75, 3.05) is 33.0 Å². The molecule has 2 unspecified atom stereocenters. The second-order valence-corrected chi connectivity index (χ2v) is 18.8. The Balaban J connectivity index is 4.01. The van der Waals surface area contributed by atoms with E-state index in [0.29, 0.717) is 6.61 Å². The van der Waals surface area contributed by atoms with Gasteiger partial charge in [0.05, 0.1) is 19.8 Å². The second-order valence-electron chi connectivity index (χ2n) is 17.4. The first kappa shape index (κ1) is 63.4. The Morgan fingerprint density at radius 3 is 1.27 bits per heavy atom. The molecule has 0 fully saturated rings. The Kier molecular flexibility index (Phi) is 51.3. The lowest BCUT2D eigenvalue weighted by Gasteiger charge is -2.20. The maximum Gasteiger partial charge on any atom is 0.472 e. The summed E-state index contributed by atoms with van der Waals surface area (Å²) < 4.78 is 33.6. The number of esters is 1. The van der Waals surface area contributed by atoms with Gasteiger partial charge in [0.2, 0.25) is 0 Å². The summed E-state index contributed by atoms with van der Waals surface area (Å²) in [6.07, 6.45) is 71.6. The van der Waals surface area contributed by atoms with Gasteiger partial charge in [-0.05, 0) is 96.3 Å². The number of phosphoric ester groups is 1.